The van der Waals surface area contributed by atoms with Crippen LogP contribution in [0.1, 0.15) is 10.4 Å². The number of benzene rings is 2. The lowest BCUT2D eigenvalue weighted by atomic mass is 10.2. The van der Waals surface area contributed by atoms with Gasteiger partial charge in [-0.15, -0.1) is 0 Å². The highest BCUT2D eigenvalue weighted by atomic mass is 32.2. The predicted molar refractivity (Wildman–Crippen MR) is 94.5 cm³/mol. The molecule has 6 nitrogen and oxygen atoms in total. The highest BCUT2D eigenvalue weighted by molar-refractivity contribution is 7.89. The number of carbonyl (C=O) groups is 1. The zero-order valence-electron chi connectivity index (χ0n) is 14.3. The topological polar surface area (TPSA) is 78.5 Å². The number of nitrogens with zero attached hydrogens (tertiary/aromatic N) is 1. The van der Waals surface area contributed by atoms with E-state index in [1.54, 1.807) is 0 Å². The van der Waals surface area contributed by atoms with E-state index in [0.717, 1.165) is 12.1 Å². The van der Waals surface area contributed by atoms with Crippen molar-refractivity contribution in [3.8, 4) is 0 Å². The predicted octanol–water partition coefficient (Wildman–Crippen LogP) is 2.06. The third-order valence-electron chi connectivity index (χ3n) is 3.46. The van der Waals surface area contributed by atoms with Crippen LogP contribution in [-0.4, -0.2) is 46.4 Å². The van der Waals surface area contributed by atoms with Gasteiger partial charge in [0, 0.05) is 30.4 Å². The number of anilines is 1. The van der Waals surface area contributed by atoms with Crippen molar-refractivity contribution in [2.24, 2.45) is 0 Å². The van der Waals surface area contributed by atoms with Gasteiger partial charge in [-0.05, 0) is 50.5 Å². The van der Waals surface area contributed by atoms with Gasteiger partial charge in [-0.2, -0.15) is 0 Å². The van der Waals surface area contributed by atoms with Crippen molar-refractivity contribution in [3.63, 3.8) is 0 Å². The first kappa shape index (κ1) is 20.0. The number of nitrogens with one attached hydrogen (secondary N) is 2. The van der Waals surface area contributed by atoms with Gasteiger partial charge in [-0.3, -0.25) is 4.79 Å². The maximum absolute atomic E-state index is 13.2. The molecule has 0 aromatic heterocycles. The first-order chi connectivity index (χ1) is 12.2. The molecule has 0 aliphatic heterocycles. The fraction of sp³-hybridized carbons (Fsp3) is 0.235. The zero-order valence-corrected chi connectivity index (χ0v) is 15.1. The standard InChI is InChI=1S/C17H19F2N3O3S/c1-22(2)10-9-20-26(24,25)14-6-3-12(4-7-14)17(23)21-13-5-8-15(18)16(19)11-13/h3-8,11,20H,9-10H2,1-2H3,(H,21,23). The van der Waals surface area contributed by atoms with Crippen LogP contribution in [0.4, 0.5) is 14.5 Å². The van der Waals surface area contributed by atoms with E-state index in [-0.39, 0.29) is 22.7 Å². The van der Waals surface area contributed by atoms with E-state index in [1.165, 1.54) is 30.3 Å². The Labute approximate surface area is 150 Å². The van der Waals surface area contributed by atoms with Gasteiger partial charge in [0.05, 0.1) is 4.90 Å². The quantitative estimate of drug-likeness (QED) is 0.767. The second kappa shape index (κ2) is 8.35. The van der Waals surface area contributed by atoms with Gasteiger partial charge in [0.1, 0.15) is 0 Å². The molecule has 140 valence electrons. The van der Waals surface area contributed by atoms with Crippen LogP contribution >= 0.6 is 0 Å². The molecule has 0 radical (unpaired) electrons. The lowest BCUT2D eigenvalue weighted by Gasteiger charge is -2.11. The smallest absolute Gasteiger partial charge is 0.255 e. The van der Waals surface area contributed by atoms with Crippen LogP contribution in [0.15, 0.2) is 47.4 Å². The van der Waals surface area contributed by atoms with Gasteiger partial charge in [-0.1, -0.05) is 0 Å². The number of sulfonamides is 1. The average Bonchev–Trinajstić information content (AvgIpc) is 2.58. The molecule has 0 aliphatic carbocycles. The highest BCUT2D eigenvalue weighted by Crippen LogP contribution is 2.15. The van der Waals surface area contributed by atoms with E-state index >= 15 is 0 Å². The first-order valence-electron chi connectivity index (χ1n) is 7.70. The molecular formula is C17H19F2N3O3S. The molecule has 26 heavy (non-hydrogen) atoms. The molecule has 0 fully saturated rings. The van der Waals surface area contributed by atoms with Crippen LogP contribution in [0.25, 0.3) is 0 Å². The Balaban J connectivity index is 2.05. The maximum Gasteiger partial charge on any atom is 0.255 e. The maximum atomic E-state index is 13.2. The van der Waals surface area contributed by atoms with Crippen LogP contribution in [0.3, 0.4) is 0 Å². The molecule has 0 aliphatic rings. The molecule has 2 aromatic rings. The Morgan fingerprint density at radius 2 is 1.69 bits per heavy atom. The zero-order chi connectivity index (χ0) is 19.3. The molecule has 1 amide bonds. The summed E-state index contributed by atoms with van der Waals surface area (Å²) in [5.41, 5.74) is 0.276. The Kier molecular flexibility index (Phi) is 6.41. The summed E-state index contributed by atoms with van der Waals surface area (Å²) in [7, 11) is -0.0112. The van der Waals surface area contributed by atoms with Crippen LogP contribution in [0, 0.1) is 11.6 Å². The van der Waals surface area contributed by atoms with Gasteiger partial charge in [-0.25, -0.2) is 21.9 Å². The number of hydrogen-bond donors (Lipinski definition) is 2. The molecule has 0 heterocycles. The van der Waals surface area contributed by atoms with Crippen molar-refractivity contribution >= 4 is 21.6 Å². The number of amides is 1. The summed E-state index contributed by atoms with van der Waals surface area (Å²) in [5.74, 6) is -2.66. The highest BCUT2D eigenvalue weighted by Gasteiger charge is 2.15. The fourth-order valence-electron chi connectivity index (χ4n) is 2.05. The minimum absolute atomic E-state index is 0.0284. The van der Waals surface area contributed by atoms with Gasteiger partial charge < -0.3 is 10.2 Å². The largest absolute Gasteiger partial charge is 0.322 e. The first-order valence-corrected chi connectivity index (χ1v) is 9.18. The number of rotatable bonds is 7. The summed E-state index contributed by atoms with van der Waals surface area (Å²) >= 11 is 0. The van der Waals surface area contributed by atoms with Crippen LogP contribution in [0.5, 0.6) is 0 Å². The van der Waals surface area contributed by atoms with Crippen molar-refractivity contribution in [2.45, 2.75) is 4.90 Å². The Morgan fingerprint density at radius 1 is 1.04 bits per heavy atom. The number of halogens is 2. The summed E-state index contributed by atoms with van der Waals surface area (Å²) in [5, 5.41) is 2.42. The molecule has 0 atom stereocenters. The van der Waals surface area contributed by atoms with E-state index in [9.17, 15) is 22.0 Å². The summed E-state index contributed by atoms with van der Waals surface area (Å²) in [6, 6.07) is 8.28. The summed E-state index contributed by atoms with van der Waals surface area (Å²) in [6.07, 6.45) is 0. The lowest BCUT2D eigenvalue weighted by molar-refractivity contribution is 0.102. The van der Waals surface area contributed by atoms with Crippen molar-refractivity contribution in [3.05, 3.63) is 59.7 Å². The van der Waals surface area contributed by atoms with E-state index in [2.05, 4.69) is 10.0 Å². The van der Waals surface area contributed by atoms with E-state index in [1.807, 2.05) is 19.0 Å². The Bertz CT molecular complexity index is 885. The molecule has 0 saturated heterocycles. The Hall–Kier alpha value is -2.36. The van der Waals surface area contributed by atoms with E-state index < -0.39 is 27.6 Å². The minimum atomic E-state index is -3.67. The van der Waals surface area contributed by atoms with Gasteiger partial charge in [0.2, 0.25) is 10.0 Å². The second-order valence-corrected chi connectivity index (χ2v) is 7.58. The molecular weight excluding hydrogens is 364 g/mol. The van der Waals surface area contributed by atoms with E-state index in [0.29, 0.717) is 6.54 Å². The molecule has 0 saturated carbocycles. The third-order valence-corrected chi connectivity index (χ3v) is 4.93. The summed E-state index contributed by atoms with van der Waals surface area (Å²) in [6.45, 7) is 0.807. The van der Waals surface area contributed by atoms with Crippen LogP contribution in [-0.2, 0) is 10.0 Å². The van der Waals surface area contributed by atoms with Crippen LogP contribution in [0.2, 0.25) is 0 Å². The molecule has 2 N–H and O–H groups in total. The van der Waals surface area contributed by atoms with Crippen molar-refractivity contribution < 1.29 is 22.0 Å². The molecule has 2 aromatic carbocycles. The van der Waals surface area contributed by atoms with Crippen molar-refractivity contribution in [2.75, 3.05) is 32.5 Å². The minimum Gasteiger partial charge on any atom is -0.322 e. The summed E-state index contributed by atoms with van der Waals surface area (Å²) in [4.78, 5) is 14.0. The molecule has 0 bridgehead atoms. The SMILES string of the molecule is CN(C)CCNS(=O)(=O)c1ccc(C(=O)Nc2ccc(F)c(F)c2)cc1. The Morgan fingerprint density at radius 3 is 2.27 bits per heavy atom. The van der Waals surface area contributed by atoms with Gasteiger partial charge in [0.15, 0.2) is 11.6 Å². The molecule has 0 spiro atoms. The average molecular weight is 383 g/mol. The van der Waals surface area contributed by atoms with Crippen molar-refractivity contribution in [1.82, 2.24) is 9.62 Å². The monoisotopic (exact) mass is 383 g/mol. The number of carbonyl (C=O) groups excluding carboxylic acids is 1. The molecule has 0 unspecified atom stereocenters. The second-order valence-electron chi connectivity index (χ2n) is 5.81. The van der Waals surface area contributed by atoms with E-state index in [4.69, 9.17) is 0 Å². The molecule has 2 rings (SSSR count). The van der Waals surface area contributed by atoms with Crippen LogP contribution < -0.4 is 10.0 Å². The van der Waals surface area contributed by atoms with Crippen molar-refractivity contribution in [1.29, 1.82) is 0 Å². The normalized spacial score (nSPS) is 11.6. The third kappa shape index (κ3) is 5.32. The summed E-state index contributed by atoms with van der Waals surface area (Å²) < 4.78 is 52.8. The fourth-order valence-corrected chi connectivity index (χ4v) is 3.07. The number of likely N-dealkylation sites (N-methyl/N-ethyl adjacent to an activating group) is 1. The number of hydrogen-bond acceptors (Lipinski definition) is 4. The van der Waals surface area contributed by atoms with Gasteiger partial charge in [0.25, 0.3) is 5.91 Å². The molecule has 9 heteroatoms. The van der Waals surface area contributed by atoms with Gasteiger partial charge >= 0.3 is 0 Å². The lowest BCUT2D eigenvalue weighted by Crippen LogP contribution is -2.31.